The Bertz CT molecular complexity index is 430. The molecule has 1 aromatic rings. The highest BCUT2D eigenvalue weighted by Gasteiger charge is 2.19. The fourth-order valence-electron chi connectivity index (χ4n) is 1.61. The number of aromatic nitrogens is 1. The number of nitrogens with zero attached hydrogens (tertiary/aromatic N) is 1. The minimum absolute atomic E-state index is 0.0212. The zero-order valence-electron chi connectivity index (χ0n) is 12.0. The third kappa shape index (κ3) is 4.95. The van der Waals surface area contributed by atoms with Crippen LogP contribution in [-0.2, 0) is 4.74 Å². The van der Waals surface area contributed by atoms with Crippen molar-refractivity contribution in [3.63, 3.8) is 0 Å². The Morgan fingerprint density at radius 1 is 1.55 bits per heavy atom. The first kappa shape index (κ1) is 16.7. The highest BCUT2D eigenvalue weighted by Crippen LogP contribution is 2.25. The number of aliphatic hydroxyl groups is 1. The van der Waals surface area contributed by atoms with Crippen LogP contribution in [0.1, 0.15) is 29.9 Å². The molecule has 0 saturated heterocycles. The molecule has 0 bridgehead atoms. The second kappa shape index (κ2) is 8.03. The molecule has 1 heterocycles. The molecule has 0 aliphatic rings. The first-order valence-electron chi connectivity index (χ1n) is 6.41. The second-order valence-electron chi connectivity index (χ2n) is 4.67. The van der Waals surface area contributed by atoms with Crippen molar-refractivity contribution in [2.24, 2.45) is 0 Å². The van der Waals surface area contributed by atoms with Gasteiger partial charge >= 0.3 is 0 Å². The number of rotatable bonds is 8. The molecule has 5 N–H and O–H groups in total. The number of hydrogen-bond donors (Lipinski definition) is 4. The van der Waals surface area contributed by atoms with Crippen LogP contribution in [0.2, 0.25) is 0 Å². The number of ether oxygens (including phenoxy) is 1. The lowest BCUT2D eigenvalue weighted by atomic mass is 10.2. The molecule has 8 heteroatoms. The summed E-state index contributed by atoms with van der Waals surface area (Å²) in [4.78, 5) is 16.6. The highest BCUT2D eigenvalue weighted by molar-refractivity contribution is 7.18. The van der Waals surface area contributed by atoms with Crippen molar-refractivity contribution in [2.45, 2.75) is 32.4 Å². The summed E-state index contributed by atoms with van der Waals surface area (Å²) in [5.74, 6) is -0.0943. The van der Waals surface area contributed by atoms with Gasteiger partial charge in [0.1, 0.15) is 10.7 Å². The van der Waals surface area contributed by atoms with Crippen LogP contribution in [0.15, 0.2) is 0 Å². The first-order chi connectivity index (χ1) is 9.47. The maximum Gasteiger partial charge on any atom is 0.265 e. The number of nitrogens with two attached hydrogens (primary N) is 1. The molecule has 1 unspecified atom stereocenters. The maximum atomic E-state index is 12.1. The van der Waals surface area contributed by atoms with Crippen molar-refractivity contribution < 1.29 is 14.6 Å². The number of aliphatic hydroxyl groups excluding tert-OH is 1. The van der Waals surface area contributed by atoms with Crippen molar-refractivity contribution in [3.8, 4) is 0 Å². The van der Waals surface area contributed by atoms with E-state index in [1.54, 1.807) is 7.11 Å². The topological polar surface area (TPSA) is 110 Å². The number of carbonyl (C=O) groups is 1. The summed E-state index contributed by atoms with van der Waals surface area (Å²) in [6.07, 6.45) is 0.426. The average molecular weight is 302 g/mol. The number of thiazole rings is 1. The molecule has 20 heavy (non-hydrogen) atoms. The third-order valence-corrected chi connectivity index (χ3v) is 3.45. The van der Waals surface area contributed by atoms with Crippen LogP contribution in [0, 0.1) is 0 Å². The molecule has 0 aliphatic heterocycles. The Morgan fingerprint density at radius 2 is 2.25 bits per heavy atom. The van der Waals surface area contributed by atoms with Gasteiger partial charge in [-0.05, 0) is 20.3 Å². The van der Waals surface area contributed by atoms with E-state index in [1.807, 2.05) is 13.8 Å². The molecule has 1 amide bonds. The van der Waals surface area contributed by atoms with Gasteiger partial charge in [0.2, 0.25) is 0 Å². The van der Waals surface area contributed by atoms with E-state index in [0.717, 1.165) is 0 Å². The number of amides is 1. The molecule has 0 aromatic carbocycles. The molecule has 7 nitrogen and oxygen atoms in total. The summed E-state index contributed by atoms with van der Waals surface area (Å²) in [6.45, 7) is 4.27. The predicted molar refractivity (Wildman–Crippen MR) is 80.1 cm³/mol. The summed E-state index contributed by atoms with van der Waals surface area (Å²) in [5.41, 5.74) is 5.76. The largest absolute Gasteiger partial charge is 0.396 e. The van der Waals surface area contributed by atoms with Crippen molar-refractivity contribution in [1.29, 1.82) is 0 Å². The lowest BCUT2D eigenvalue weighted by Gasteiger charge is -2.16. The molecule has 114 valence electrons. The Kier molecular flexibility index (Phi) is 6.69. The van der Waals surface area contributed by atoms with Crippen molar-refractivity contribution in [3.05, 3.63) is 4.88 Å². The number of nitrogen functional groups attached to an aromatic ring is 1. The number of anilines is 2. The molecule has 1 rings (SSSR count). The molecular formula is C12H22N4O3S. The van der Waals surface area contributed by atoms with Gasteiger partial charge in [0.25, 0.3) is 5.91 Å². The summed E-state index contributed by atoms with van der Waals surface area (Å²) < 4.78 is 5.00. The fourth-order valence-corrected chi connectivity index (χ4v) is 2.54. The molecule has 0 radical (unpaired) electrons. The standard InChI is InChI=1S/C12H22N4O3S/c1-7(2)14-12-16-10(13)9(20-12)11(18)15-8(4-5-17)6-19-3/h7-8,17H,4-6,13H2,1-3H3,(H,14,16)(H,15,18). The smallest absolute Gasteiger partial charge is 0.265 e. The van der Waals surface area contributed by atoms with Crippen LogP contribution in [0.25, 0.3) is 0 Å². The minimum atomic E-state index is -0.299. The molecular weight excluding hydrogens is 280 g/mol. The van der Waals surface area contributed by atoms with Gasteiger partial charge in [-0.25, -0.2) is 4.98 Å². The molecule has 1 aromatic heterocycles. The van der Waals surface area contributed by atoms with Gasteiger partial charge in [-0.2, -0.15) is 0 Å². The summed E-state index contributed by atoms with van der Waals surface area (Å²) >= 11 is 1.21. The van der Waals surface area contributed by atoms with E-state index in [1.165, 1.54) is 11.3 Å². The Hall–Kier alpha value is -1.38. The minimum Gasteiger partial charge on any atom is -0.396 e. The highest BCUT2D eigenvalue weighted by atomic mass is 32.1. The van der Waals surface area contributed by atoms with Gasteiger partial charge in [0.05, 0.1) is 12.6 Å². The van der Waals surface area contributed by atoms with Crippen LogP contribution >= 0.6 is 11.3 Å². The van der Waals surface area contributed by atoms with Crippen LogP contribution in [-0.4, -0.2) is 48.4 Å². The van der Waals surface area contributed by atoms with E-state index < -0.39 is 0 Å². The van der Waals surface area contributed by atoms with E-state index in [9.17, 15) is 4.79 Å². The van der Waals surface area contributed by atoms with Gasteiger partial charge < -0.3 is 26.2 Å². The van der Waals surface area contributed by atoms with Crippen molar-refractivity contribution >= 4 is 28.2 Å². The van der Waals surface area contributed by atoms with Crippen LogP contribution in [0.5, 0.6) is 0 Å². The van der Waals surface area contributed by atoms with Crippen molar-refractivity contribution in [1.82, 2.24) is 10.3 Å². The van der Waals surface area contributed by atoms with E-state index in [0.29, 0.717) is 23.0 Å². The zero-order valence-corrected chi connectivity index (χ0v) is 12.8. The predicted octanol–water partition coefficient (Wildman–Crippen LogP) is 0.673. The number of hydrogen-bond acceptors (Lipinski definition) is 7. The van der Waals surface area contributed by atoms with Gasteiger partial charge in [-0.1, -0.05) is 11.3 Å². The van der Waals surface area contributed by atoms with Crippen LogP contribution in [0.3, 0.4) is 0 Å². The second-order valence-corrected chi connectivity index (χ2v) is 5.67. The van der Waals surface area contributed by atoms with Crippen LogP contribution < -0.4 is 16.4 Å². The summed E-state index contributed by atoms with van der Waals surface area (Å²) in [7, 11) is 1.54. The Balaban J connectivity index is 2.73. The maximum absolute atomic E-state index is 12.1. The van der Waals surface area contributed by atoms with E-state index in [4.69, 9.17) is 15.6 Å². The Labute approximate surface area is 122 Å². The van der Waals surface area contributed by atoms with E-state index >= 15 is 0 Å². The van der Waals surface area contributed by atoms with Crippen molar-refractivity contribution in [2.75, 3.05) is 31.4 Å². The summed E-state index contributed by atoms with van der Waals surface area (Å²) in [6, 6.07) is -0.0346. The third-order valence-electron chi connectivity index (χ3n) is 2.45. The van der Waals surface area contributed by atoms with Crippen LogP contribution in [0.4, 0.5) is 10.9 Å². The lowest BCUT2D eigenvalue weighted by molar-refractivity contribution is 0.0883. The molecule has 0 aliphatic carbocycles. The number of carbonyl (C=O) groups excluding carboxylic acids is 1. The van der Waals surface area contributed by atoms with Gasteiger partial charge in [-0.15, -0.1) is 0 Å². The van der Waals surface area contributed by atoms with E-state index in [-0.39, 0.29) is 30.4 Å². The molecule has 1 atom stereocenters. The molecule has 0 fully saturated rings. The number of nitrogens with one attached hydrogen (secondary N) is 2. The quantitative estimate of drug-likeness (QED) is 0.562. The monoisotopic (exact) mass is 302 g/mol. The SMILES string of the molecule is COCC(CCO)NC(=O)c1sc(NC(C)C)nc1N. The number of methoxy groups -OCH3 is 1. The van der Waals surface area contributed by atoms with Gasteiger partial charge in [-0.3, -0.25) is 4.79 Å². The first-order valence-corrected chi connectivity index (χ1v) is 7.23. The lowest BCUT2D eigenvalue weighted by Crippen LogP contribution is -2.38. The zero-order chi connectivity index (χ0) is 15.1. The summed E-state index contributed by atoms with van der Waals surface area (Å²) in [5, 5.41) is 15.5. The normalized spacial score (nSPS) is 12.4. The molecule has 0 spiro atoms. The average Bonchev–Trinajstić information content (AvgIpc) is 2.70. The Morgan fingerprint density at radius 3 is 2.80 bits per heavy atom. The fraction of sp³-hybridized carbons (Fsp3) is 0.667. The van der Waals surface area contributed by atoms with Gasteiger partial charge in [0.15, 0.2) is 5.13 Å². The van der Waals surface area contributed by atoms with Gasteiger partial charge in [0, 0.05) is 19.8 Å². The molecule has 0 saturated carbocycles. The van der Waals surface area contributed by atoms with E-state index in [2.05, 4.69) is 15.6 Å².